The number of sulfonamides is 1. The zero-order valence-corrected chi connectivity index (χ0v) is 33.8. The number of aryl methyl sites for hydroxylation is 1. The number of benzene rings is 2. The number of fused-ring (bicyclic) bond motifs is 3. The monoisotopic (exact) mass is 811 g/mol. The Morgan fingerprint density at radius 2 is 1.76 bits per heavy atom. The third-order valence-electron chi connectivity index (χ3n) is 10.3. The van der Waals surface area contributed by atoms with E-state index in [1.807, 2.05) is 43.3 Å². The summed E-state index contributed by atoms with van der Waals surface area (Å²) in [6.45, 7) is 5.59. The van der Waals surface area contributed by atoms with E-state index < -0.39 is 57.0 Å². The minimum atomic E-state index is -3.89. The van der Waals surface area contributed by atoms with Crippen molar-refractivity contribution in [3.05, 3.63) is 87.7 Å². The van der Waals surface area contributed by atoms with Gasteiger partial charge in [0.15, 0.2) is 0 Å². The topological polar surface area (TPSA) is 231 Å². The number of carbonyl (C=O) groups is 3. The molecule has 1 aliphatic heterocycles. The van der Waals surface area contributed by atoms with Crippen LogP contribution in [0.3, 0.4) is 0 Å². The van der Waals surface area contributed by atoms with Crippen LogP contribution in [0.2, 0.25) is 5.02 Å². The third kappa shape index (κ3) is 9.86. The van der Waals surface area contributed by atoms with E-state index in [1.54, 1.807) is 25.3 Å². The van der Waals surface area contributed by atoms with Crippen LogP contribution in [0.5, 0.6) is 0 Å². The Bertz CT molecular complexity index is 2150. The second-order valence-electron chi connectivity index (χ2n) is 14.0. The van der Waals surface area contributed by atoms with Gasteiger partial charge >= 0.3 is 0 Å². The van der Waals surface area contributed by atoms with E-state index in [0.717, 1.165) is 27.7 Å². The SMILES string of the molecule is Cc1[nH]c2ccccc2c1C[C@H]1C(=O)NCc2cc([C@@H](C)C(C)S(N)(=O)=O)cc(Cl)c2Sc2ncccc2CN[C@@H](CCCN)C(=O)N[C@@H](CN)C(=O)N1C. The van der Waals surface area contributed by atoms with Crippen molar-refractivity contribution in [2.45, 2.75) is 92.3 Å². The largest absolute Gasteiger partial charge is 0.358 e. The molecule has 3 amide bonds. The second-order valence-corrected chi connectivity index (χ2v) is 17.3. The number of carbonyl (C=O) groups excluding carboxylic acids is 3. The molecule has 5 atom stereocenters. The molecule has 0 fully saturated rings. The summed E-state index contributed by atoms with van der Waals surface area (Å²) < 4.78 is 24.7. The Kier molecular flexibility index (Phi) is 14.0. The van der Waals surface area contributed by atoms with Gasteiger partial charge in [0.2, 0.25) is 27.7 Å². The fourth-order valence-electron chi connectivity index (χ4n) is 6.76. The molecule has 14 nitrogen and oxygen atoms in total. The van der Waals surface area contributed by atoms with Gasteiger partial charge in [0.1, 0.15) is 17.1 Å². The molecular weight excluding hydrogens is 762 g/mol. The van der Waals surface area contributed by atoms with Gasteiger partial charge in [-0.05, 0) is 79.6 Å². The van der Waals surface area contributed by atoms with Gasteiger partial charge in [0, 0.05) is 60.8 Å². The van der Waals surface area contributed by atoms with Gasteiger partial charge in [0.25, 0.3) is 0 Å². The molecule has 4 aromatic rings. The minimum Gasteiger partial charge on any atom is -0.358 e. The van der Waals surface area contributed by atoms with Crippen molar-refractivity contribution in [1.82, 2.24) is 30.8 Å². The summed E-state index contributed by atoms with van der Waals surface area (Å²) in [6.07, 6.45) is 2.74. The van der Waals surface area contributed by atoms with Crippen LogP contribution in [-0.2, 0) is 43.9 Å². The first-order valence-electron chi connectivity index (χ1n) is 18.1. The number of halogens is 1. The highest BCUT2D eigenvalue weighted by molar-refractivity contribution is 7.99. The van der Waals surface area contributed by atoms with Gasteiger partial charge in [-0.1, -0.05) is 60.6 Å². The number of aromatic nitrogens is 2. The summed E-state index contributed by atoms with van der Waals surface area (Å²) in [5.74, 6) is -1.96. The number of aromatic amines is 1. The second kappa shape index (κ2) is 18.3. The molecule has 10 N–H and O–H groups in total. The van der Waals surface area contributed by atoms with E-state index >= 15 is 0 Å². The van der Waals surface area contributed by atoms with Crippen LogP contribution < -0.4 is 32.6 Å². The van der Waals surface area contributed by atoms with Crippen molar-refractivity contribution in [2.24, 2.45) is 16.6 Å². The highest BCUT2D eigenvalue weighted by Crippen LogP contribution is 2.40. The summed E-state index contributed by atoms with van der Waals surface area (Å²) in [5.41, 5.74) is 16.5. The number of amides is 3. The van der Waals surface area contributed by atoms with Gasteiger partial charge < -0.3 is 37.3 Å². The summed E-state index contributed by atoms with van der Waals surface area (Å²) in [5, 5.41) is 15.7. The first-order valence-corrected chi connectivity index (χ1v) is 20.9. The predicted octanol–water partition coefficient (Wildman–Crippen LogP) is 2.80. The molecule has 2 aromatic heterocycles. The van der Waals surface area contributed by atoms with Crippen LogP contribution in [0.25, 0.3) is 10.9 Å². The van der Waals surface area contributed by atoms with Crippen LogP contribution in [-0.4, -0.2) is 84.5 Å². The van der Waals surface area contributed by atoms with E-state index in [2.05, 4.69) is 25.9 Å². The molecule has 17 heteroatoms. The fraction of sp³-hybridized carbons (Fsp3) is 0.421. The number of primary sulfonamides is 1. The number of nitrogens with one attached hydrogen (secondary N) is 4. The molecule has 0 saturated carbocycles. The maximum absolute atomic E-state index is 14.5. The highest BCUT2D eigenvalue weighted by Gasteiger charge is 2.34. The summed E-state index contributed by atoms with van der Waals surface area (Å²) in [6, 6.07) is 12.0. The van der Waals surface area contributed by atoms with Crippen molar-refractivity contribution < 1.29 is 22.8 Å². The molecule has 0 radical (unpaired) electrons. The smallest absolute Gasteiger partial charge is 0.246 e. The average Bonchev–Trinajstić information content (AvgIpc) is 3.48. The molecule has 0 spiro atoms. The number of nitrogens with two attached hydrogens (primary N) is 3. The number of H-pyrrole nitrogens is 1. The summed E-state index contributed by atoms with van der Waals surface area (Å²) in [4.78, 5) is 52.4. The zero-order valence-electron chi connectivity index (χ0n) is 31.4. The quantitative estimate of drug-likeness (QED) is 0.131. The van der Waals surface area contributed by atoms with E-state index in [4.69, 9.17) is 28.2 Å². The molecule has 0 bridgehead atoms. The van der Waals surface area contributed by atoms with Gasteiger partial charge in [-0.15, -0.1) is 0 Å². The van der Waals surface area contributed by atoms with Crippen molar-refractivity contribution in [2.75, 3.05) is 20.1 Å². The number of hydrogen-bond acceptors (Lipinski definition) is 10. The molecule has 0 saturated heterocycles. The molecule has 1 unspecified atom stereocenters. The Morgan fingerprint density at radius 3 is 2.47 bits per heavy atom. The van der Waals surface area contributed by atoms with E-state index in [1.165, 1.54) is 30.6 Å². The van der Waals surface area contributed by atoms with E-state index in [9.17, 15) is 22.8 Å². The lowest BCUT2D eigenvalue weighted by atomic mass is 9.96. The van der Waals surface area contributed by atoms with Crippen molar-refractivity contribution in [1.29, 1.82) is 0 Å². The predicted molar refractivity (Wildman–Crippen MR) is 216 cm³/mol. The van der Waals surface area contributed by atoms with Gasteiger partial charge in [0.05, 0.1) is 16.3 Å². The molecule has 55 heavy (non-hydrogen) atoms. The molecule has 0 aliphatic carbocycles. The van der Waals surface area contributed by atoms with Gasteiger partial charge in [-0.3, -0.25) is 14.4 Å². The Labute approximate surface area is 331 Å². The number of pyridine rings is 1. The fourth-order valence-corrected chi connectivity index (χ4v) is 8.84. The molecule has 1 aliphatic rings. The number of nitrogens with zero attached hydrogens (tertiary/aromatic N) is 2. The highest BCUT2D eigenvalue weighted by atomic mass is 35.5. The third-order valence-corrected chi connectivity index (χ3v) is 13.4. The van der Waals surface area contributed by atoms with Crippen LogP contribution in [0.4, 0.5) is 0 Å². The molecule has 296 valence electrons. The lowest BCUT2D eigenvalue weighted by Gasteiger charge is -2.31. The Balaban J connectivity index is 1.63. The van der Waals surface area contributed by atoms with Crippen molar-refractivity contribution in [3.63, 3.8) is 0 Å². The van der Waals surface area contributed by atoms with Crippen LogP contribution in [0.15, 0.2) is 64.6 Å². The standard InChI is InChI=1S/C38H50ClN9O5S2/c1-21(23(3)55(42,52)53)25-15-26-20-45-36(50)33(17-28-22(2)46-30-11-6-5-10-27(28)30)48(4)38(51)32(18-41)47-35(49)31(12-7-13-40)44-19-24-9-8-14-43-37(24)54-34(26)29(39)16-25/h5-6,8-11,14-16,21,23,31-33,44,46H,7,12-13,17-20,40-41H2,1-4H3,(H,45,50)(H,47,49)(H2,42,52,53)/t21-,23?,31-,32-,33-/m0/s1. The lowest BCUT2D eigenvalue weighted by Crippen LogP contribution is -2.59. The number of para-hydroxylation sites is 1. The summed E-state index contributed by atoms with van der Waals surface area (Å²) in [7, 11) is -2.36. The molecule has 2 aromatic carbocycles. The zero-order chi connectivity index (χ0) is 40.0. The molecule has 5 rings (SSSR count). The van der Waals surface area contributed by atoms with E-state index in [0.29, 0.717) is 45.5 Å². The maximum Gasteiger partial charge on any atom is 0.246 e. The lowest BCUT2D eigenvalue weighted by molar-refractivity contribution is -0.141. The number of hydrogen-bond donors (Lipinski definition) is 7. The first kappa shape index (κ1) is 42.1. The number of likely N-dealkylation sites (N-methyl/N-ethyl adjacent to an activating group) is 1. The maximum atomic E-state index is 14.5. The van der Waals surface area contributed by atoms with Gasteiger partial charge in [-0.25, -0.2) is 18.5 Å². The minimum absolute atomic E-state index is 0.0186. The van der Waals surface area contributed by atoms with Crippen LogP contribution in [0, 0.1) is 6.92 Å². The normalized spacial score (nSPS) is 20.3. The van der Waals surface area contributed by atoms with Crippen LogP contribution in [0.1, 0.15) is 60.6 Å². The molecule has 3 heterocycles. The van der Waals surface area contributed by atoms with Gasteiger partial charge in [-0.2, -0.15) is 0 Å². The molecular formula is C38H50ClN9O5S2. The summed E-state index contributed by atoms with van der Waals surface area (Å²) >= 11 is 8.31. The average molecular weight is 812 g/mol. The van der Waals surface area contributed by atoms with E-state index in [-0.39, 0.29) is 26.1 Å². The Hall–Kier alpha value is -4.03. The van der Waals surface area contributed by atoms with Crippen LogP contribution >= 0.6 is 23.4 Å². The van der Waals surface area contributed by atoms with Crippen molar-refractivity contribution in [3.8, 4) is 0 Å². The first-order chi connectivity index (χ1) is 26.1. The van der Waals surface area contributed by atoms with Crippen molar-refractivity contribution >= 4 is 62.0 Å². The number of rotatable bonds is 9. The Morgan fingerprint density at radius 1 is 1.02 bits per heavy atom.